The van der Waals surface area contributed by atoms with E-state index in [4.69, 9.17) is 10.5 Å². The van der Waals surface area contributed by atoms with Crippen molar-refractivity contribution in [3.8, 4) is 12.1 Å². The number of hydrogen-bond donors (Lipinski definition) is 1. The molecule has 1 aliphatic heterocycles. The number of amides is 2. The van der Waals surface area contributed by atoms with E-state index in [0.717, 1.165) is 0 Å². The number of nitrogens with zero attached hydrogens (tertiary/aromatic N) is 2. The van der Waals surface area contributed by atoms with Gasteiger partial charge < -0.3 is 0 Å². The van der Waals surface area contributed by atoms with Crippen LogP contribution in [0.5, 0.6) is 0 Å². The molecular formula is C12H15N3O2. The van der Waals surface area contributed by atoms with Crippen LogP contribution in [0.25, 0.3) is 0 Å². The van der Waals surface area contributed by atoms with E-state index in [1.165, 1.54) is 0 Å². The Labute approximate surface area is 100 Å². The second-order valence-electron chi connectivity index (χ2n) is 5.08. The van der Waals surface area contributed by atoms with Crippen molar-refractivity contribution in [1.82, 2.24) is 5.32 Å². The molecule has 1 heterocycles. The summed E-state index contributed by atoms with van der Waals surface area (Å²) in [6.07, 6.45) is 0.489. The molecule has 2 unspecified atom stereocenters. The first-order valence-electron chi connectivity index (χ1n) is 5.50. The maximum Gasteiger partial charge on any atom is 0.244 e. The third-order valence-electron chi connectivity index (χ3n) is 3.20. The summed E-state index contributed by atoms with van der Waals surface area (Å²) < 4.78 is 0. The van der Waals surface area contributed by atoms with Gasteiger partial charge in [0.05, 0.1) is 12.1 Å². The number of hydrogen-bond acceptors (Lipinski definition) is 4. The van der Waals surface area contributed by atoms with E-state index in [9.17, 15) is 9.59 Å². The van der Waals surface area contributed by atoms with Crippen LogP contribution >= 0.6 is 0 Å². The zero-order valence-electron chi connectivity index (χ0n) is 10.2. The predicted octanol–water partition coefficient (Wildman–Crippen LogP) is 0.975. The van der Waals surface area contributed by atoms with Crippen molar-refractivity contribution in [3.05, 3.63) is 0 Å². The molecule has 5 heteroatoms. The monoisotopic (exact) mass is 233 g/mol. The minimum atomic E-state index is -0.952. The molecular weight excluding hydrogens is 218 g/mol. The van der Waals surface area contributed by atoms with Crippen molar-refractivity contribution in [3.63, 3.8) is 0 Å². The van der Waals surface area contributed by atoms with Crippen molar-refractivity contribution in [2.24, 2.45) is 23.2 Å². The lowest BCUT2D eigenvalue weighted by atomic mass is 9.62. The molecule has 0 aromatic rings. The smallest absolute Gasteiger partial charge is 0.244 e. The average molecular weight is 233 g/mol. The van der Waals surface area contributed by atoms with E-state index < -0.39 is 29.1 Å². The van der Waals surface area contributed by atoms with Crippen molar-refractivity contribution >= 4 is 11.8 Å². The Hall–Kier alpha value is -1.88. The molecule has 0 aliphatic carbocycles. The topological polar surface area (TPSA) is 93.8 Å². The number of imide groups is 1. The van der Waals surface area contributed by atoms with Crippen LogP contribution in [0.4, 0.5) is 0 Å². The molecule has 5 nitrogen and oxygen atoms in total. The van der Waals surface area contributed by atoms with E-state index in [2.05, 4.69) is 5.32 Å². The van der Waals surface area contributed by atoms with Crippen LogP contribution in [0.3, 0.4) is 0 Å². The fraction of sp³-hybridized carbons (Fsp3) is 0.667. The highest BCUT2D eigenvalue weighted by molar-refractivity contribution is 6.03. The van der Waals surface area contributed by atoms with Crippen molar-refractivity contribution in [1.29, 1.82) is 10.5 Å². The van der Waals surface area contributed by atoms with E-state index in [-0.39, 0.29) is 5.92 Å². The third kappa shape index (κ3) is 2.14. The van der Waals surface area contributed by atoms with Gasteiger partial charge in [0, 0.05) is 5.41 Å². The van der Waals surface area contributed by atoms with Crippen LogP contribution in [0, 0.1) is 45.8 Å². The maximum absolute atomic E-state index is 11.6. The van der Waals surface area contributed by atoms with Gasteiger partial charge in [-0.2, -0.15) is 10.5 Å². The molecule has 0 aromatic carbocycles. The summed E-state index contributed by atoms with van der Waals surface area (Å²) in [5, 5.41) is 20.2. The van der Waals surface area contributed by atoms with E-state index in [1.807, 2.05) is 26.0 Å². The van der Waals surface area contributed by atoms with E-state index in [1.54, 1.807) is 6.92 Å². The highest BCUT2D eigenvalue weighted by Crippen LogP contribution is 2.43. The lowest BCUT2D eigenvalue weighted by Gasteiger charge is -2.40. The molecule has 0 spiro atoms. The fourth-order valence-electron chi connectivity index (χ4n) is 2.56. The van der Waals surface area contributed by atoms with Crippen LogP contribution in [0.15, 0.2) is 0 Å². The molecule has 0 radical (unpaired) electrons. The summed E-state index contributed by atoms with van der Waals surface area (Å²) in [7, 11) is 0. The molecule has 2 atom stereocenters. The molecule has 2 amide bonds. The van der Waals surface area contributed by atoms with Gasteiger partial charge in [-0.1, -0.05) is 20.8 Å². The summed E-state index contributed by atoms with van der Waals surface area (Å²) >= 11 is 0. The zero-order valence-corrected chi connectivity index (χ0v) is 10.2. The van der Waals surface area contributed by atoms with Crippen molar-refractivity contribution in [2.75, 3.05) is 0 Å². The van der Waals surface area contributed by atoms with Gasteiger partial charge in [-0.15, -0.1) is 0 Å². The standard InChI is InChI=1S/C12H15N3O2/c1-7(2)4-12(3)8(5-13)10(16)15-11(17)9(12)6-14/h7-9H,4H2,1-3H3,(H,15,16,17). The van der Waals surface area contributed by atoms with Crippen LogP contribution in [0.2, 0.25) is 0 Å². The number of nitrogens with one attached hydrogen (secondary N) is 1. The van der Waals surface area contributed by atoms with E-state index >= 15 is 0 Å². The molecule has 0 saturated carbocycles. The number of carbonyl (C=O) groups excluding carboxylic acids is 2. The quantitative estimate of drug-likeness (QED) is 0.719. The van der Waals surface area contributed by atoms with Gasteiger partial charge in [-0.25, -0.2) is 0 Å². The Balaban J connectivity index is 3.23. The number of piperidine rings is 1. The van der Waals surface area contributed by atoms with E-state index in [0.29, 0.717) is 6.42 Å². The predicted molar refractivity (Wildman–Crippen MR) is 58.9 cm³/mol. The summed E-state index contributed by atoms with van der Waals surface area (Å²) in [6.45, 7) is 5.54. The molecule has 0 aromatic heterocycles. The molecule has 1 N–H and O–H groups in total. The molecule has 1 fully saturated rings. The highest BCUT2D eigenvalue weighted by Gasteiger charge is 2.53. The molecule has 17 heavy (non-hydrogen) atoms. The first-order chi connectivity index (χ1) is 7.86. The Morgan fingerprint density at radius 2 is 1.65 bits per heavy atom. The van der Waals surface area contributed by atoms with Gasteiger partial charge in [0.1, 0.15) is 11.8 Å². The number of nitriles is 2. The summed E-state index contributed by atoms with van der Waals surface area (Å²) in [4.78, 5) is 23.3. The minimum Gasteiger partial charge on any atom is -0.294 e. The SMILES string of the molecule is CC(C)CC1(C)C(C#N)C(=O)NC(=O)C1C#N. The van der Waals surface area contributed by atoms with Crippen LogP contribution in [-0.4, -0.2) is 11.8 Å². The van der Waals surface area contributed by atoms with Gasteiger partial charge >= 0.3 is 0 Å². The Morgan fingerprint density at radius 3 is 1.94 bits per heavy atom. The largest absolute Gasteiger partial charge is 0.294 e. The molecule has 90 valence electrons. The van der Waals surface area contributed by atoms with Crippen LogP contribution in [0.1, 0.15) is 27.2 Å². The maximum atomic E-state index is 11.6. The summed E-state index contributed by atoms with van der Waals surface area (Å²) in [5.41, 5.74) is -0.906. The highest BCUT2D eigenvalue weighted by atomic mass is 16.2. The molecule has 0 bridgehead atoms. The van der Waals surface area contributed by atoms with Gasteiger partial charge in [-0.05, 0) is 12.3 Å². The average Bonchev–Trinajstić information content (AvgIpc) is 2.15. The first kappa shape index (κ1) is 13.2. The Morgan fingerprint density at radius 1 is 1.24 bits per heavy atom. The van der Waals surface area contributed by atoms with Crippen LogP contribution < -0.4 is 5.32 Å². The summed E-state index contributed by atoms with van der Waals surface area (Å²) in [5.74, 6) is -2.88. The Bertz CT molecular complexity index is 396. The molecule has 1 rings (SSSR count). The van der Waals surface area contributed by atoms with Crippen molar-refractivity contribution < 1.29 is 9.59 Å². The zero-order chi connectivity index (χ0) is 13.2. The lowest BCUT2D eigenvalue weighted by Crippen LogP contribution is -2.56. The second-order valence-corrected chi connectivity index (χ2v) is 5.08. The van der Waals surface area contributed by atoms with Crippen molar-refractivity contribution in [2.45, 2.75) is 27.2 Å². The van der Waals surface area contributed by atoms with Gasteiger partial charge in [0.25, 0.3) is 0 Å². The normalized spacial score (nSPS) is 32.8. The summed E-state index contributed by atoms with van der Waals surface area (Å²) in [6, 6.07) is 3.84. The number of carbonyl (C=O) groups is 2. The van der Waals surface area contributed by atoms with Gasteiger partial charge in [0.2, 0.25) is 11.8 Å². The second kappa shape index (κ2) is 4.55. The lowest BCUT2D eigenvalue weighted by molar-refractivity contribution is -0.144. The van der Waals surface area contributed by atoms with Crippen LogP contribution in [-0.2, 0) is 9.59 Å². The van der Waals surface area contributed by atoms with Gasteiger partial charge in [-0.3, -0.25) is 14.9 Å². The third-order valence-corrected chi connectivity index (χ3v) is 3.20. The molecule has 1 saturated heterocycles. The fourth-order valence-corrected chi connectivity index (χ4v) is 2.56. The Kier molecular flexibility index (Phi) is 3.53. The van der Waals surface area contributed by atoms with Gasteiger partial charge in [0.15, 0.2) is 0 Å². The molecule has 1 aliphatic rings. The number of rotatable bonds is 2. The minimum absolute atomic E-state index is 0.199. The first-order valence-corrected chi connectivity index (χ1v) is 5.50.